The van der Waals surface area contributed by atoms with Gasteiger partial charge in [0.05, 0.1) is 71.6 Å². The van der Waals surface area contributed by atoms with Crippen molar-refractivity contribution in [3.05, 3.63) is 32.7 Å². The van der Waals surface area contributed by atoms with Gasteiger partial charge in [-0.3, -0.25) is 13.9 Å². The summed E-state index contributed by atoms with van der Waals surface area (Å²) in [4.78, 5) is 66.8. The number of azide groups is 1. The van der Waals surface area contributed by atoms with E-state index in [2.05, 4.69) is 45.3 Å². The number of anilines is 1. The summed E-state index contributed by atoms with van der Waals surface area (Å²) in [5.41, 5.74) is 12.8. The molecule has 2 rings (SSSR count). The molecular weight excluding hydrogens is 771 g/mol. The van der Waals surface area contributed by atoms with Crippen LogP contribution in [0.2, 0.25) is 0 Å². The summed E-state index contributed by atoms with van der Waals surface area (Å²) in [6.07, 6.45) is -6.07. The normalized spacial score (nSPS) is 21.0. The lowest BCUT2D eigenvalue weighted by molar-refractivity contribution is -0.122. The molecule has 1 aromatic rings. The summed E-state index contributed by atoms with van der Waals surface area (Å²) < 4.78 is 73.0. The number of rotatable bonds is 24. The Bertz CT molecular complexity index is 1630. The Morgan fingerprint density at radius 1 is 0.981 bits per heavy atom. The van der Waals surface area contributed by atoms with E-state index in [1.165, 1.54) is 0 Å². The van der Waals surface area contributed by atoms with Gasteiger partial charge in [-0.2, -0.15) is 13.6 Å². The minimum Gasteiger partial charge on any atom is -0.387 e. The number of nitrogens with one attached hydrogen (secondary N) is 1. The highest BCUT2D eigenvalue weighted by atomic mass is 31.3. The Morgan fingerprint density at radius 2 is 1.58 bits per heavy atom. The van der Waals surface area contributed by atoms with E-state index in [1.807, 2.05) is 0 Å². The van der Waals surface area contributed by atoms with Crippen molar-refractivity contribution in [3.8, 4) is 11.8 Å². The zero-order chi connectivity index (χ0) is 38.8. The summed E-state index contributed by atoms with van der Waals surface area (Å²) in [5.74, 6) is 4.47. The molecule has 6 atom stereocenters. The fraction of sp³-hybridized carbons (Fsp3) is 0.696. The molecule has 0 spiro atoms. The molecule has 294 valence electrons. The number of aliphatic hydroxyl groups excluding tert-OH is 2. The van der Waals surface area contributed by atoms with E-state index in [1.54, 1.807) is 0 Å². The van der Waals surface area contributed by atoms with Crippen molar-refractivity contribution in [1.82, 2.24) is 14.9 Å². The summed E-state index contributed by atoms with van der Waals surface area (Å²) in [7, 11) is -17.0. The molecule has 2 unspecified atom stereocenters. The summed E-state index contributed by atoms with van der Waals surface area (Å²) >= 11 is 0. The van der Waals surface area contributed by atoms with E-state index in [-0.39, 0.29) is 56.6 Å². The van der Waals surface area contributed by atoms with Crippen molar-refractivity contribution in [2.75, 3.05) is 78.3 Å². The average Bonchev–Trinajstić information content (AvgIpc) is 3.31. The Kier molecular flexibility index (Phi) is 19.5. The number of carbonyl (C=O) groups excluding carboxylic acids is 1. The molecule has 2 heterocycles. The summed E-state index contributed by atoms with van der Waals surface area (Å²) in [5, 5.41) is 26.7. The van der Waals surface area contributed by atoms with Gasteiger partial charge in [-0.15, -0.1) is 0 Å². The molecule has 0 bridgehead atoms. The van der Waals surface area contributed by atoms with Gasteiger partial charge in [-0.1, -0.05) is 17.0 Å². The number of nitrogens with zero attached hydrogens (tertiary/aromatic N) is 5. The van der Waals surface area contributed by atoms with Crippen molar-refractivity contribution >= 4 is 35.2 Å². The smallest absolute Gasteiger partial charge is 0.387 e. The highest BCUT2D eigenvalue weighted by Crippen LogP contribution is 2.66. The lowest BCUT2D eigenvalue weighted by Crippen LogP contribution is -2.36. The van der Waals surface area contributed by atoms with E-state index in [9.17, 15) is 43.3 Å². The van der Waals surface area contributed by atoms with Crippen LogP contribution < -0.4 is 16.7 Å². The summed E-state index contributed by atoms with van der Waals surface area (Å²) in [6, 6.07) is 0. The van der Waals surface area contributed by atoms with Crippen LogP contribution in [0.4, 0.5) is 5.82 Å². The molecule has 0 aliphatic carbocycles. The number of phosphoric ester groups is 1. The van der Waals surface area contributed by atoms with E-state index in [0.29, 0.717) is 37.6 Å². The molecule has 1 aliphatic heterocycles. The van der Waals surface area contributed by atoms with Crippen LogP contribution >= 0.6 is 23.5 Å². The van der Waals surface area contributed by atoms with E-state index in [4.69, 9.17) is 44.7 Å². The maximum absolute atomic E-state index is 12.5. The van der Waals surface area contributed by atoms with Gasteiger partial charge in [-0.25, -0.2) is 18.5 Å². The van der Waals surface area contributed by atoms with Crippen molar-refractivity contribution < 1.29 is 85.1 Å². The van der Waals surface area contributed by atoms with Gasteiger partial charge in [0.25, 0.3) is 0 Å². The number of phosphoric acid groups is 3. The molecule has 0 aromatic carbocycles. The lowest BCUT2D eigenvalue weighted by Gasteiger charge is -2.19. The van der Waals surface area contributed by atoms with E-state index < -0.39 is 60.3 Å². The SMILES string of the molecule is [N-]=[N+]=NCCOCCOCCOCCOCCC(=O)NCC#Cc1cn([C@@H]2O[C@H](COP(=O)(O)OP(=O)(O)OP(=O)(O)O)[C@@H](O)[C@H]2O)c(=O)nc1N. The second kappa shape index (κ2) is 22.4. The van der Waals surface area contributed by atoms with Crippen LogP contribution in [0.5, 0.6) is 0 Å². The summed E-state index contributed by atoms with van der Waals surface area (Å²) in [6.45, 7) is 1.31. The van der Waals surface area contributed by atoms with Crippen LogP contribution in [-0.2, 0) is 55.3 Å². The Morgan fingerprint density at radius 3 is 2.17 bits per heavy atom. The number of carbonyl (C=O) groups is 1. The van der Waals surface area contributed by atoms with Gasteiger partial charge >= 0.3 is 29.2 Å². The average molecular weight is 810 g/mol. The molecule has 1 fully saturated rings. The minimum atomic E-state index is -5.81. The van der Waals surface area contributed by atoms with Gasteiger partial charge in [0.1, 0.15) is 24.1 Å². The van der Waals surface area contributed by atoms with E-state index in [0.717, 1.165) is 6.20 Å². The first-order chi connectivity index (χ1) is 24.4. The number of aromatic nitrogens is 2. The van der Waals surface area contributed by atoms with Crippen LogP contribution in [0.1, 0.15) is 18.2 Å². The second-order valence-electron chi connectivity index (χ2n) is 9.90. The number of hydrogen-bond donors (Lipinski definition) is 8. The minimum absolute atomic E-state index is 0.0154. The molecule has 52 heavy (non-hydrogen) atoms. The molecule has 1 aromatic heterocycles. The monoisotopic (exact) mass is 809 g/mol. The van der Waals surface area contributed by atoms with Gasteiger partial charge in [-0.05, 0) is 5.53 Å². The van der Waals surface area contributed by atoms with Crippen LogP contribution in [0.25, 0.3) is 10.4 Å². The first-order valence-electron chi connectivity index (χ1n) is 14.7. The second-order valence-corrected chi connectivity index (χ2v) is 14.3. The molecular formula is C23H38N7O19P3. The van der Waals surface area contributed by atoms with Gasteiger partial charge in [0, 0.05) is 24.1 Å². The number of amides is 1. The van der Waals surface area contributed by atoms with Crippen LogP contribution in [0.3, 0.4) is 0 Å². The molecule has 29 heteroatoms. The Balaban J connectivity index is 1.76. The fourth-order valence-electron chi connectivity index (χ4n) is 3.78. The van der Waals surface area contributed by atoms with Gasteiger partial charge in [0.2, 0.25) is 5.91 Å². The third-order valence-electron chi connectivity index (χ3n) is 6.00. The lowest BCUT2D eigenvalue weighted by atomic mass is 10.1. The number of nitrogens with two attached hydrogens (primary N) is 1. The Hall–Kier alpha value is -2.85. The highest BCUT2D eigenvalue weighted by Gasteiger charge is 2.47. The molecule has 1 saturated heterocycles. The van der Waals surface area contributed by atoms with Crippen molar-refractivity contribution in [2.24, 2.45) is 5.11 Å². The standard InChI is InChI=1S/C23H38N7O19P3/c24-21-16(2-1-4-26-18(31)3-6-42-8-10-44-12-13-45-11-9-43-7-5-27-29-25)14-30(23(34)28-21)22-20(33)19(32)17(47-22)15-46-51(38,39)49-52(40,41)48-50(35,36)37/h14,17,19-20,22,32-33H,3-13,15H2,(H,26,31)(H,38,39)(H,40,41)(H2,24,28,34)(H2,35,36,37)/t17-,19-,20-,22-/m1/s1. The van der Waals surface area contributed by atoms with Crippen LogP contribution in [-0.4, -0.2) is 136 Å². The maximum atomic E-state index is 12.5. The van der Waals surface area contributed by atoms with Crippen molar-refractivity contribution in [2.45, 2.75) is 31.0 Å². The van der Waals surface area contributed by atoms with Gasteiger partial charge < -0.3 is 64.5 Å². The first kappa shape index (κ1) is 45.3. The van der Waals surface area contributed by atoms with Crippen molar-refractivity contribution in [1.29, 1.82) is 0 Å². The largest absolute Gasteiger partial charge is 0.490 e. The third-order valence-corrected chi connectivity index (χ3v) is 9.80. The molecule has 1 amide bonds. The maximum Gasteiger partial charge on any atom is 0.490 e. The molecule has 26 nitrogen and oxygen atoms in total. The molecule has 9 N–H and O–H groups in total. The number of hydrogen-bond acceptors (Lipinski definition) is 18. The molecule has 0 radical (unpaired) electrons. The zero-order valence-electron chi connectivity index (χ0n) is 27.0. The number of aliphatic hydroxyl groups is 2. The highest BCUT2D eigenvalue weighted by molar-refractivity contribution is 7.66. The third kappa shape index (κ3) is 17.8. The number of nitrogen functional groups attached to an aromatic ring is 1. The quantitative estimate of drug-likeness (QED) is 0.0140. The Labute approximate surface area is 294 Å². The predicted octanol–water partition coefficient (Wildman–Crippen LogP) is -1.98. The molecule has 0 saturated carbocycles. The van der Waals surface area contributed by atoms with Gasteiger partial charge in [0.15, 0.2) is 6.23 Å². The predicted molar refractivity (Wildman–Crippen MR) is 170 cm³/mol. The van der Waals surface area contributed by atoms with E-state index >= 15 is 0 Å². The van der Waals surface area contributed by atoms with Crippen LogP contribution in [0, 0.1) is 11.8 Å². The first-order valence-corrected chi connectivity index (χ1v) is 19.2. The topological polar surface area (TPSA) is 385 Å². The number of ether oxygens (including phenoxy) is 5. The van der Waals surface area contributed by atoms with Crippen LogP contribution in [0.15, 0.2) is 16.1 Å². The van der Waals surface area contributed by atoms with Crippen molar-refractivity contribution in [3.63, 3.8) is 0 Å². The zero-order valence-corrected chi connectivity index (χ0v) is 29.7. The molecule has 1 aliphatic rings. The fourth-order valence-corrected chi connectivity index (χ4v) is 6.80.